The van der Waals surface area contributed by atoms with Crippen LogP contribution >= 0.6 is 15.9 Å². The third kappa shape index (κ3) is 1.64. The van der Waals surface area contributed by atoms with Gasteiger partial charge < -0.3 is 9.47 Å². The molecule has 0 saturated heterocycles. The van der Waals surface area contributed by atoms with E-state index in [-0.39, 0.29) is 0 Å². The van der Waals surface area contributed by atoms with Crippen molar-refractivity contribution >= 4 is 27.7 Å². The van der Waals surface area contributed by atoms with Gasteiger partial charge in [0.05, 0.1) is 10.2 Å². The fraction of sp³-hybridized carbons (Fsp3) is 0.222. The molecule has 5 heteroatoms. The van der Waals surface area contributed by atoms with Crippen LogP contribution in [0.1, 0.15) is 0 Å². The van der Waals surface area contributed by atoms with Crippen LogP contribution < -0.4 is 9.47 Å². The van der Waals surface area contributed by atoms with Gasteiger partial charge in [0.15, 0.2) is 11.5 Å². The second kappa shape index (κ2) is 3.82. The van der Waals surface area contributed by atoms with Gasteiger partial charge in [0.1, 0.15) is 13.2 Å². The van der Waals surface area contributed by atoms with Gasteiger partial charge in [0.25, 0.3) is 0 Å². The predicted octanol–water partition coefficient (Wildman–Crippen LogP) is 2.19. The summed E-state index contributed by atoms with van der Waals surface area (Å²) in [7, 11) is 0. The lowest BCUT2D eigenvalue weighted by atomic mass is 10.2. The van der Waals surface area contributed by atoms with Crippen molar-refractivity contribution in [2.45, 2.75) is 0 Å². The first kappa shape index (κ1) is 9.24. The van der Waals surface area contributed by atoms with E-state index in [1.54, 1.807) is 12.1 Å². The van der Waals surface area contributed by atoms with Crippen molar-refractivity contribution in [2.24, 2.45) is 4.99 Å². The summed E-state index contributed by atoms with van der Waals surface area (Å²) >= 11 is 3.31. The van der Waals surface area contributed by atoms with E-state index in [9.17, 15) is 4.79 Å². The van der Waals surface area contributed by atoms with Crippen molar-refractivity contribution in [3.8, 4) is 11.5 Å². The lowest BCUT2D eigenvalue weighted by Gasteiger charge is -2.19. The number of hydrogen-bond donors (Lipinski definition) is 0. The Morgan fingerprint density at radius 1 is 1.36 bits per heavy atom. The van der Waals surface area contributed by atoms with Crippen LogP contribution in [-0.4, -0.2) is 19.3 Å². The Bertz CT molecular complexity index is 413. The summed E-state index contributed by atoms with van der Waals surface area (Å²) in [6, 6.07) is 3.32. The van der Waals surface area contributed by atoms with Gasteiger partial charge in [-0.05, 0) is 22.0 Å². The van der Waals surface area contributed by atoms with Gasteiger partial charge in [-0.3, -0.25) is 0 Å². The Balaban J connectivity index is 2.51. The summed E-state index contributed by atoms with van der Waals surface area (Å²) in [6.45, 7) is 1.04. The minimum Gasteiger partial charge on any atom is -0.486 e. The third-order valence-electron chi connectivity index (χ3n) is 1.76. The Morgan fingerprint density at radius 3 is 2.93 bits per heavy atom. The van der Waals surface area contributed by atoms with Crippen LogP contribution in [0.3, 0.4) is 0 Å². The van der Waals surface area contributed by atoms with Gasteiger partial charge in [0.2, 0.25) is 6.08 Å². The summed E-state index contributed by atoms with van der Waals surface area (Å²) in [5.74, 6) is 1.25. The molecule has 0 radical (unpaired) electrons. The maximum absolute atomic E-state index is 10.1. The number of nitrogens with zero attached hydrogens (tertiary/aromatic N) is 1. The highest BCUT2D eigenvalue weighted by atomic mass is 79.9. The van der Waals surface area contributed by atoms with Crippen LogP contribution in [0.25, 0.3) is 0 Å². The number of isocyanates is 1. The van der Waals surface area contributed by atoms with E-state index < -0.39 is 0 Å². The number of benzene rings is 1. The van der Waals surface area contributed by atoms with Crippen LogP contribution in [0.4, 0.5) is 5.69 Å². The van der Waals surface area contributed by atoms with E-state index in [0.717, 1.165) is 4.47 Å². The van der Waals surface area contributed by atoms with Crippen molar-refractivity contribution in [2.75, 3.05) is 13.2 Å². The molecule has 0 spiro atoms. The zero-order chi connectivity index (χ0) is 9.97. The molecule has 1 aromatic rings. The maximum atomic E-state index is 10.1. The largest absolute Gasteiger partial charge is 0.486 e. The molecule has 1 heterocycles. The second-order valence-corrected chi connectivity index (χ2v) is 3.51. The summed E-state index contributed by atoms with van der Waals surface area (Å²) in [5.41, 5.74) is 0.496. The highest BCUT2D eigenvalue weighted by molar-refractivity contribution is 9.10. The molecule has 4 nitrogen and oxygen atoms in total. The fourth-order valence-electron chi connectivity index (χ4n) is 1.21. The minimum atomic E-state index is 0.496. The number of halogens is 1. The molecule has 1 aliphatic heterocycles. The summed E-state index contributed by atoms with van der Waals surface area (Å²) in [5, 5.41) is 0. The van der Waals surface area contributed by atoms with Crippen molar-refractivity contribution in [3.05, 3.63) is 16.6 Å². The molecule has 72 valence electrons. The van der Waals surface area contributed by atoms with Crippen LogP contribution in [0, 0.1) is 0 Å². The fourth-order valence-corrected chi connectivity index (χ4v) is 1.76. The van der Waals surface area contributed by atoms with Crippen LogP contribution in [0.15, 0.2) is 21.6 Å². The SMILES string of the molecule is O=C=Nc1cc(Br)c2c(c1)OCCO2. The van der Waals surface area contributed by atoms with Gasteiger partial charge in [-0.15, -0.1) is 0 Å². The Morgan fingerprint density at radius 2 is 2.14 bits per heavy atom. The van der Waals surface area contributed by atoms with Gasteiger partial charge in [-0.25, -0.2) is 4.79 Å². The molecular formula is C9H6BrNO3. The van der Waals surface area contributed by atoms with Gasteiger partial charge in [-0.2, -0.15) is 4.99 Å². The molecule has 0 aliphatic carbocycles. The van der Waals surface area contributed by atoms with E-state index in [0.29, 0.717) is 30.4 Å². The first-order valence-electron chi connectivity index (χ1n) is 3.98. The van der Waals surface area contributed by atoms with Crippen LogP contribution in [0.2, 0.25) is 0 Å². The monoisotopic (exact) mass is 255 g/mol. The average molecular weight is 256 g/mol. The molecule has 2 rings (SSSR count). The second-order valence-electron chi connectivity index (χ2n) is 2.65. The van der Waals surface area contributed by atoms with Crippen molar-refractivity contribution in [1.82, 2.24) is 0 Å². The number of hydrogen-bond acceptors (Lipinski definition) is 4. The number of carbonyl (C=O) groups excluding carboxylic acids is 1. The smallest absolute Gasteiger partial charge is 0.240 e. The normalized spacial score (nSPS) is 13.2. The maximum Gasteiger partial charge on any atom is 0.240 e. The number of rotatable bonds is 1. The molecule has 0 aromatic heterocycles. The van der Waals surface area contributed by atoms with Crippen molar-refractivity contribution in [1.29, 1.82) is 0 Å². The first-order chi connectivity index (χ1) is 6.81. The first-order valence-corrected chi connectivity index (χ1v) is 4.77. The highest BCUT2D eigenvalue weighted by Crippen LogP contribution is 2.40. The molecule has 1 aliphatic rings. The van der Waals surface area contributed by atoms with Crippen molar-refractivity contribution in [3.63, 3.8) is 0 Å². The van der Waals surface area contributed by atoms with E-state index in [2.05, 4.69) is 20.9 Å². The standard InChI is InChI=1S/C9H6BrNO3/c10-7-3-6(11-5-12)4-8-9(7)14-2-1-13-8/h3-4H,1-2H2. The van der Waals surface area contributed by atoms with E-state index in [4.69, 9.17) is 9.47 Å². The average Bonchev–Trinajstić information content (AvgIpc) is 2.18. The quantitative estimate of drug-likeness (QED) is 0.571. The molecular weight excluding hydrogens is 250 g/mol. The number of ether oxygens (including phenoxy) is 2. The molecule has 0 bridgehead atoms. The van der Waals surface area contributed by atoms with Gasteiger partial charge >= 0.3 is 0 Å². The molecule has 0 amide bonds. The molecule has 0 atom stereocenters. The summed E-state index contributed by atoms with van der Waals surface area (Å²) < 4.78 is 11.4. The summed E-state index contributed by atoms with van der Waals surface area (Å²) in [4.78, 5) is 13.6. The highest BCUT2D eigenvalue weighted by Gasteiger charge is 2.15. The van der Waals surface area contributed by atoms with Crippen molar-refractivity contribution < 1.29 is 14.3 Å². The molecule has 0 N–H and O–H groups in total. The third-order valence-corrected chi connectivity index (χ3v) is 2.35. The van der Waals surface area contributed by atoms with Gasteiger partial charge in [0, 0.05) is 6.07 Å². The van der Waals surface area contributed by atoms with Crippen LogP contribution in [0.5, 0.6) is 11.5 Å². The molecule has 0 saturated carbocycles. The summed E-state index contributed by atoms with van der Waals surface area (Å²) in [6.07, 6.45) is 1.48. The lowest BCUT2D eigenvalue weighted by Crippen LogP contribution is -2.15. The zero-order valence-corrected chi connectivity index (χ0v) is 8.70. The Labute approximate surface area is 88.7 Å². The Kier molecular flexibility index (Phi) is 2.52. The molecule has 1 aromatic carbocycles. The lowest BCUT2D eigenvalue weighted by molar-refractivity contribution is 0.170. The van der Waals surface area contributed by atoms with Gasteiger partial charge in [-0.1, -0.05) is 0 Å². The van der Waals surface area contributed by atoms with E-state index in [1.165, 1.54) is 6.08 Å². The zero-order valence-electron chi connectivity index (χ0n) is 7.12. The molecule has 14 heavy (non-hydrogen) atoms. The predicted molar refractivity (Wildman–Crippen MR) is 52.9 cm³/mol. The van der Waals surface area contributed by atoms with Crippen LogP contribution in [-0.2, 0) is 4.79 Å². The Hall–Kier alpha value is -1.32. The number of aliphatic imine (C=N–C) groups is 1. The van der Waals surface area contributed by atoms with E-state index in [1.807, 2.05) is 0 Å². The van der Waals surface area contributed by atoms with E-state index >= 15 is 0 Å². The topological polar surface area (TPSA) is 47.9 Å². The molecule has 0 fully saturated rings. The minimum absolute atomic E-state index is 0.496. The number of fused-ring (bicyclic) bond motifs is 1. The molecule has 0 unspecified atom stereocenters.